The summed E-state index contributed by atoms with van der Waals surface area (Å²) in [6, 6.07) is 21.2. The summed E-state index contributed by atoms with van der Waals surface area (Å²) in [5, 5.41) is 0. The lowest BCUT2D eigenvalue weighted by molar-refractivity contribution is -0.121. The molecule has 0 radical (unpaired) electrons. The Labute approximate surface area is 188 Å². The third-order valence-corrected chi connectivity index (χ3v) is 6.64. The molecule has 1 aliphatic heterocycles. The van der Waals surface area contributed by atoms with Crippen molar-refractivity contribution in [3.05, 3.63) is 71.8 Å². The van der Waals surface area contributed by atoms with Gasteiger partial charge in [-0.05, 0) is 80.6 Å². The molecule has 0 amide bonds. The lowest BCUT2D eigenvalue weighted by Gasteiger charge is -2.32. The maximum absolute atomic E-state index is 11.7. The van der Waals surface area contributed by atoms with Crippen molar-refractivity contribution in [1.82, 2.24) is 4.98 Å². The lowest BCUT2D eigenvalue weighted by atomic mass is 9.93. The van der Waals surface area contributed by atoms with Gasteiger partial charge in [-0.3, -0.25) is 4.79 Å². The van der Waals surface area contributed by atoms with Crippen LogP contribution in [-0.2, 0) is 4.79 Å². The number of piperidine rings is 1. The number of aryl methyl sites for hydroxylation is 2. The Balaban J connectivity index is 1.40. The van der Waals surface area contributed by atoms with E-state index in [1.54, 1.807) is 6.92 Å². The number of Topliss-reactive ketones (excluding diaryl/α,β-unsaturated/α-hetero) is 1. The molecule has 32 heavy (non-hydrogen) atoms. The standard InChI is InChI=1S/C28H28N2O2/c1-18-4-6-22(7-5-18)25-10-8-23(16-19(25)2)28-29-26-17-24(9-11-27(26)32-28)30-14-12-21(13-15-30)20(3)31/h4-11,16-17,21H,12-15H2,1-3H3. The van der Waals surface area contributed by atoms with E-state index in [1.165, 1.54) is 22.3 Å². The molecular formula is C28H28N2O2. The van der Waals surface area contributed by atoms with E-state index in [0.717, 1.165) is 48.3 Å². The number of carbonyl (C=O) groups is 1. The van der Waals surface area contributed by atoms with Gasteiger partial charge in [-0.2, -0.15) is 0 Å². The van der Waals surface area contributed by atoms with Crippen LogP contribution in [0.3, 0.4) is 0 Å². The van der Waals surface area contributed by atoms with E-state index in [-0.39, 0.29) is 5.92 Å². The van der Waals surface area contributed by atoms with Gasteiger partial charge in [0.15, 0.2) is 5.58 Å². The van der Waals surface area contributed by atoms with Crippen LogP contribution in [0.4, 0.5) is 5.69 Å². The first kappa shape index (κ1) is 20.5. The number of ketones is 1. The highest BCUT2D eigenvalue weighted by Crippen LogP contribution is 2.32. The van der Waals surface area contributed by atoms with Crippen molar-refractivity contribution in [2.75, 3.05) is 18.0 Å². The molecule has 3 aromatic carbocycles. The van der Waals surface area contributed by atoms with Crippen molar-refractivity contribution in [1.29, 1.82) is 0 Å². The molecule has 0 saturated carbocycles. The summed E-state index contributed by atoms with van der Waals surface area (Å²) < 4.78 is 6.09. The van der Waals surface area contributed by atoms with Gasteiger partial charge in [0.2, 0.25) is 5.89 Å². The van der Waals surface area contributed by atoms with Crippen LogP contribution in [0, 0.1) is 19.8 Å². The van der Waals surface area contributed by atoms with Gasteiger partial charge < -0.3 is 9.32 Å². The topological polar surface area (TPSA) is 46.3 Å². The molecule has 0 unspecified atom stereocenters. The second kappa shape index (κ2) is 8.27. The molecule has 0 bridgehead atoms. The minimum absolute atomic E-state index is 0.208. The van der Waals surface area contributed by atoms with Crippen molar-refractivity contribution in [3.8, 4) is 22.6 Å². The highest BCUT2D eigenvalue weighted by Gasteiger charge is 2.23. The molecule has 5 rings (SSSR count). The number of carbonyl (C=O) groups excluding carboxylic acids is 1. The van der Waals surface area contributed by atoms with Crippen LogP contribution in [0.25, 0.3) is 33.7 Å². The molecule has 4 aromatic rings. The fraction of sp³-hybridized carbons (Fsp3) is 0.286. The number of hydrogen-bond donors (Lipinski definition) is 0. The van der Waals surface area contributed by atoms with E-state index < -0.39 is 0 Å². The molecule has 1 fully saturated rings. The molecule has 0 aliphatic carbocycles. The molecule has 2 heterocycles. The number of fused-ring (bicyclic) bond motifs is 1. The van der Waals surface area contributed by atoms with Crippen molar-refractivity contribution in [2.24, 2.45) is 5.92 Å². The molecule has 0 atom stereocenters. The fourth-order valence-electron chi connectivity index (χ4n) is 4.63. The van der Waals surface area contributed by atoms with Gasteiger partial charge in [0.25, 0.3) is 0 Å². The van der Waals surface area contributed by atoms with Gasteiger partial charge in [-0.15, -0.1) is 0 Å². The van der Waals surface area contributed by atoms with E-state index in [0.29, 0.717) is 11.7 Å². The maximum Gasteiger partial charge on any atom is 0.227 e. The lowest BCUT2D eigenvalue weighted by Crippen LogP contribution is -2.35. The molecule has 4 nitrogen and oxygen atoms in total. The average Bonchev–Trinajstić information content (AvgIpc) is 3.23. The highest BCUT2D eigenvalue weighted by atomic mass is 16.3. The first-order chi connectivity index (χ1) is 15.5. The molecule has 162 valence electrons. The molecule has 1 saturated heterocycles. The molecule has 1 aromatic heterocycles. The Morgan fingerprint density at radius 3 is 2.34 bits per heavy atom. The summed E-state index contributed by atoms with van der Waals surface area (Å²) in [4.78, 5) is 18.8. The van der Waals surface area contributed by atoms with Gasteiger partial charge in [-0.1, -0.05) is 35.9 Å². The summed E-state index contributed by atoms with van der Waals surface area (Å²) in [6.45, 7) is 7.75. The van der Waals surface area contributed by atoms with Crippen molar-refractivity contribution >= 4 is 22.6 Å². The largest absolute Gasteiger partial charge is 0.436 e. The van der Waals surface area contributed by atoms with E-state index in [9.17, 15) is 4.79 Å². The van der Waals surface area contributed by atoms with Crippen LogP contribution in [0.15, 0.2) is 65.1 Å². The number of benzene rings is 3. The number of oxazole rings is 1. The first-order valence-electron chi connectivity index (χ1n) is 11.3. The second-order valence-electron chi connectivity index (χ2n) is 8.94. The van der Waals surface area contributed by atoms with Crippen molar-refractivity contribution in [3.63, 3.8) is 0 Å². The summed E-state index contributed by atoms with van der Waals surface area (Å²) in [7, 11) is 0. The summed E-state index contributed by atoms with van der Waals surface area (Å²) >= 11 is 0. The third kappa shape index (κ3) is 3.93. The zero-order valence-electron chi connectivity index (χ0n) is 18.9. The number of hydrogen-bond acceptors (Lipinski definition) is 4. The van der Waals surface area contributed by atoms with Crippen LogP contribution >= 0.6 is 0 Å². The van der Waals surface area contributed by atoms with Crippen LogP contribution in [0.2, 0.25) is 0 Å². The number of aromatic nitrogens is 1. The number of rotatable bonds is 4. The van der Waals surface area contributed by atoms with Gasteiger partial charge in [-0.25, -0.2) is 4.98 Å². The first-order valence-corrected chi connectivity index (χ1v) is 11.3. The Morgan fingerprint density at radius 2 is 1.66 bits per heavy atom. The minimum Gasteiger partial charge on any atom is -0.436 e. The normalized spacial score (nSPS) is 14.8. The van der Waals surface area contributed by atoms with Gasteiger partial charge in [0, 0.05) is 30.3 Å². The molecule has 4 heteroatoms. The Kier molecular flexibility index (Phi) is 5.30. The average molecular weight is 425 g/mol. The smallest absolute Gasteiger partial charge is 0.227 e. The third-order valence-electron chi connectivity index (χ3n) is 6.64. The van der Waals surface area contributed by atoms with Crippen LogP contribution < -0.4 is 4.90 Å². The predicted octanol–water partition coefficient (Wildman–Crippen LogP) is 6.58. The van der Waals surface area contributed by atoms with Gasteiger partial charge in [0.05, 0.1) is 0 Å². The fourth-order valence-corrected chi connectivity index (χ4v) is 4.63. The summed E-state index contributed by atoms with van der Waals surface area (Å²) in [6.07, 6.45) is 1.84. The molecule has 1 aliphatic rings. The molecule has 0 spiro atoms. The van der Waals surface area contributed by atoms with Crippen molar-refractivity contribution in [2.45, 2.75) is 33.6 Å². The Hall–Kier alpha value is -3.40. The van der Waals surface area contributed by atoms with Crippen molar-refractivity contribution < 1.29 is 9.21 Å². The van der Waals surface area contributed by atoms with Gasteiger partial charge >= 0.3 is 0 Å². The van der Waals surface area contributed by atoms with E-state index in [4.69, 9.17) is 9.40 Å². The maximum atomic E-state index is 11.7. The predicted molar refractivity (Wildman–Crippen MR) is 130 cm³/mol. The number of nitrogens with zero attached hydrogens (tertiary/aromatic N) is 2. The Bertz CT molecular complexity index is 1280. The van der Waals surface area contributed by atoms with Crippen LogP contribution in [-0.4, -0.2) is 23.9 Å². The monoisotopic (exact) mass is 424 g/mol. The number of anilines is 1. The quantitative estimate of drug-likeness (QED) is 0.371. The SMILES string of the molecule is CC(=O)C1CCN(c2ccc3oc(-c4ccc(-c5ccc(C)cc5)c(C)c4)nc3c2)CC1. The summed E-state index contributed by atoms with van der Waals surface area (Å²) in [5.74, 6) is 1.16. The second-order valence-corrected chi connectivity index (χ2v) is 8.94. The molecule has 0 N–H and O–H groups in total. The molecular weight excluding hydrogens is 396 g/mol. The van der Waals surface area contributed by atoms with E-state index in [1.807, 2.05) is 6.07 Å². The van der Waals surface area contributed by atoms with E-state index in [2.05, 4.69) is 73.3 Å². The highest BCUT2D eigenvalue weighted by molar-refractivity contribution is 5.82. The van der Waals surface area contributed by atoms with Crippen LogP contribution in [0.5, 0.6) is 0 Å². The summed E-state index contributed by atoms with van der Waals surface area (Å²) in [5.41, 5.74) is 8.69. The Morgan fingerprint density at radius 1 is 0.938 bits per heavy atom. The van der Waals surface area contributed by atoms with E-state index >= 15 is 0 Å². The van der Waals surface area contributed by atoms with Crippen LogP contribution in [0.1, 0.15) is 30.9 Å². The zero-order valence-corrected chi connectivity index (χ0v) is 18.9. The zero-order chi connectivity index (χ0) is 22.2. The minimum atomic E-state index is 0.208. The van der Waals surface area contributed by atoms with Gasteiger partial charge in [0.1, 0.15) is 11.3 Å².